The van der Waals surface area contributed by atoms with Gasteiger partial charge in [0.05, 0.1) is 0 Å². The Labute approximate surface area is 561 Å². The first kappa shape index (κ1) is 89.0. The highest BCUT2D eigenvalue weighted by Gasteiger charge is 2.05. The lowest BCUT2D eigenvalue weighted by Crippen LogP contribution is -2.35. The molecular formula is C66H130N8O2S8. The van der Waals surface area contributed by atoms with Crippen LogP contribution < -0.4 is 44.2 Å². The monoisotopic (exact) mass is 1320 g/mol. The van der Waals surface area contributed by atoms with Crippen LogP contribution in [0.25, 0.3) is 0 Å². The first-order valence-electron chi connectivity index (χ1n) is 34.1. The molecule has 0 aliphatic heterocycles. The van der Waals surface area contributed by atoms with Crippen LogP contribution in [0.2, 0.25) is 0 Å². The van der Waals surface area contributed by atoms with Gasteiger partial charge in [-0.1, -0.05) is 402 Å². The van der Waals surface area contributed by atoms with Crippen LogP contribution in [0.3, 0.4) is 0 Å². The number of unbranched alkanes of at least 4 members (excludes halogenated alkanes) is 43. The highest BCUT2D eigenvalue weighted by atomic mass is 32.1. The maximum atomic E-state index is 11.3. The zero-order valence-electron chi connectivity index (χ0n) is 54.4. The number of carbonyl (C=O) groups is 1. The molecule has 0 aliphatic rings. The normalized spacial score (nSPS) is 10.4. The fourth-order valence-corrected chi connectivity index (χ4v) is 9.88. The van der Waals surface area contributed by atoms with E-state index in [9.17, 15) is 4.79 Å². The SMILES string of the molecule is CCCCCCCC(=O)OCCNC(=S)C(N)=S.CCCCCCCCCCCCCCCCCCNC(=S)C(N)=S.CCCCCCCCCCCCCCCCNC(=S)C(N)=S.CCCCCCCCCCCCCCNC(=S)C(N)=S. The molecule has 0 rings (SSSR count). The molecule has 0 aromatic heterocycles. The van der Waals surface area contributed by atoms with Crippen LogP contribution in [0.1, 0.15) is 336 Å². The fourth-order valence-electron chi connectivity index (χ4n) is 9.19. The summed E-state index contributed by atoms with van der Waals surface area (Å²) >= 11 is 38.9. The average molecular weight is 1320 g/mol. The average Bonchev–Trinajstić information content (AvgIpc) is 3.47. The van der Waals surface area contributed by atoms with E-state index in [0.29, 0.717) is 47.9 Å². The summed E-state index contributed by atoms with van der Waals surface area (Å²) in [6.45, 7) is 12.4. The number of hydrogen-bond acceptors (Lipinski definition) is 10. The number of esters is 1. The van der Waals surface area contributed by atoms with E-state index in [1.54, 1.807) is 0 Å². The molecule has 10 nitrogen and oxygen atoms in total. The van der Waals surface area contributed by atoms with E-state index in [1.165, 1.54) is 270 Å². The first-order valence-corrected chi connectivity index (χ1v) is 37.3. The van der Waals surface area contributed by atoms with Crippen LogP contribution in [0.5, 0.6) is 0 Å². The molecule has 0 bridgehead atoms. The largest absolute Gasteiger partial charge is 0.464 e. The lowest BCUT2D eigenvalue weighted by molar-refractivity contribution is -0.143. The van der Waals surface area contributed by atoms with Crippen LogP contribution in [0, 0.1) is 0 Å². The molecule has 0 heterocycles. The van der Waals surface area contributed by atoms with Crippen molar-refractivity contribution in [1.82, 2.24) is 21.3 Å². The van der Waals surface area contributed by atoms with Gasteiger partial charge in [-0.25, -0.2) is 0 Å². The van der Waals surface area contributed by atoms with Gasteiger partial charge in [0.1, 0.15) is 46.5 Å². The summed E-state index contributed by atoms with van der Waals surface area (Å²) in [5.74, 6) is -0.158. The summed E-state index contributed by atoms with van der Waals surface area (Å²) in [6, 6.07) is 0. The maximum absolute atomic E-state index is 11.3. The minimum absolute atomic E-state index is 0.158. The van der Waals surface area contributed by atoms with Crippen molar-refractivity contribution in [3.8, 4) is 0 Å². The predicted octanol–water partition coefficient (Wildman–Crippen LogP) is 19.1. The van der Waals surface area contributed by atoms with Gasteiger partial charge >= 0.3 is 5.97 Å². The molecule has 0 radical (unpaired) electrons. The molecule has 0 aromatic carbocycles. The van der Waals surface area contributed by atoms with Crippen molar-refractivity contribution < 1.29 is 9.53 Å². The third kappa shape index (κ3) is 80.6. The van der Waals surface area contributed by atoms with Gasteiger partial charge in [-0.3, -0.25) is 4.79 Å². The molecule has 0 spiro atoms. The Hall–Kier alpha value is -1.41. The van der Waals surface area contributed by atoms with Gasteiger partial charge in [0.15, 0.2) is 0 Å². The van der Waals surface area contributed by atoms with Crippen LogP contribution in [-0.2, 0) is 9.53 Å². The Morgan fingerprint density at radius 2 is 0.429 bits per heavy atom. The van der Waals surface area contributed by atoms with E-state index in [4.69, 9.17) is 113 Å². The van der Waals surface area contributed by atoms with Gasteiger partial charge in [0.2, 0.25) is 0 Å². The Balaban J connectivity index is -0.000000511. The number of ether oxygens (including phenoxy) is 1. The molecule has 0 saturated carbocycles. The maximum Gasteiger partial charge on any atom is 0.305 e. The molecular weight excluding hydrogens is 1190 g/mol. The first-order chi connectivity index (χ1) is 40.6. The van der Waals surface area contributed by atoms with E-state index in [2.05, 4.69) is 61.2 Å². The highest BCUT2D eigenvalue weighted by Crippen LogP contribution is 2.16. The van der Waals surface area contributed by atoms with Gasteiger partial charge in [-0.05, 0) is 25.7 Å². The standard InChI is InChI=1S/C20H40N2S2.C18H36N2S2.C16H32N2S2.C12H22N2O2S2/c1-2-3-4-5-6-7-8-9-10-11-12-13-14-15-16-17-18-22-20(24)19(21)23;1-2-3-4-5-6-7-8-9-10-11-12-13-14-15-16-20-18(22)17(19)21;1-2-3-4-5-6-7-8-9-10-11-12-13-14-18-16(20)15(17)19;1-2-3-4-5-6-7-10(15)16-9-8-14-12(18)11(13)17/h2-18H2,1H3,(H2,21,23)(H,22,24);2-16H2,1H3,(H2,19,21)(H,20,22);2-14H2,1H3,(H2,17,19)(H,18,20);2-9H2,1H3,(H2,13,17)(H,14,18). The van der Waals surface area contributed by atoms with E-state index in [-0.39, 0.29) is 17.6 Å². The van der Waals surface area contributed by atoms with Gasteiger partial charge in [0, 0.05) is 32.6 Å². The molecule has 494 valence electrons. The third-order valence-electron chi connectivity index (χ3n) is 14.5. The van der Waals surface area contributed by atoms with Crippen LogP contribution in [-0.4, -0.2) is 78.7 Å². The Morgan fingerprint density at radius 3 is 0.619 bits per heavy atom. The number of carbonyl (C=O) groups excluding carboxylic acids is 1. The van der Waals surface area contributed by atoms with Gasteiger partial charge in [-0.2, -0.15) is 0 Å². The molecule has 0 unspecified atom stereocenters. The number of rotatable bonds is 54. The molecule has 84 heavy (non-hydrogen) atoms. The molecule has 0 aromatic rings. The fraction of sp³-hybridized carbons (Fsp3) is 0.864. The molecule has 0 fully saturated rings. The van der Waals surface area contributed by atoms with Crippen LogP contribution in [0.15, 0.2) is 0 Å². The van der Waals surface area contributed by atoms with E-state index in [1.807, 2.05) is 0 Å². The topological polar surface area (TPSA) is 178 Å². The van der Waals surface area contributed by atoms with Crippen molar-refractivity contribution in [3.63, 3.8) is 0 Å². The second-order valence-corrected chi connectivity index (χ2v) is 26.0. The van der Waals surface area contributed by atoms with Crippen LogP contribution in [0.4, 0.5) is 0 Å². The summed E-state index contributed by atoms with van der Waals surface area (Å²) < 4.78 is 5.03. The van der Waals surface area contributed by atoms with Gasteiger partial charge in [-0.15, -0.1) is 0 Å². The quantitative estimate of drug-likeness (QED) is 0.0164. The van der Waals surface area contributed by atoms with Crippen molar-refractivity contribution in [2.75, 3.05) is 32.8 Å². The lowest BCUT2D eigenvalue weighted by Gasteiger charge is -2.07. The van der Waals surface area contributed by atoms with E-state index >= 15 is 0 Å². The lowest BCUT2D eigenvalue weighted by atomic mass is 10.0. The molecule has 0 amide bonds. The van der Waals surface area contributed by atoms with Crippen molar-refractivity contribution in [3.05, 3.63) is 0 Å². The Bertz CT molecular complexity index is 1580. The van der Waals surface area contributed by atoms with Crippen molar-refractivity contribution in [1.29, 1.82) is 0 Å². The zero-order chi connectivity index (χ0) is 63.2. The van der Waals surface area contributed by atoms with Gasteiger partial charge in [0.25, 0.3) is 0 Å². The predicted molar refractivity (Wildman–Crippen MR) is 405 cm³/mol. The summed E-state index contributed by atoms with van der Waals surface area (Å²) in [4.78, 5) is 14.3. The number of nitrogens with one attached hydrogen (secondary N) is 4. The summed E-state index contributed by atoms with van der Waals surface area (Å²) in [5, 5.41) is 12.1. The van der Waals surface area contributed by atoms with Crippen LogP contribution >= 0.6 is 97.7 Å². The van der Waals surface area contributed by atoms with Gasteiger partial charge < -0.3 is 48.9 Å². The second kappa shape index (κ2) is 75.8. The molecule has 18 heteroatoms. The summed E-state index contributed by atoms with van der Waals surface area (Å²) in [5.41, 5.74) is 21.6. The molecule has 0 saturated heterocycles. The van der Waals surface area contributed by atoms with Crippen molar-refractivity contribution in [2.24, 2.45) is 22.9 Å². The molecule has 0 atom stereocenters. The smallest absolute Gasteiger partial charge is 0.305 e. The second-order valence-electron chi connectivity index (χ2n) is 22.7. The third-order valence-corrected chi connectivity index (χ3v) is 17.3. The Morgan fingerprint density at radius 1 is 0.262 bits per heavy atom. The molecule has 12 N–H and O–H groups in total. The Kier molecular flexibility index (Phi) is 80.4. The minimum atomic E-state index is -0.158. The summed E-state index contributed by atoms with van der Waals surface area (Å²) in [7, 11) is 0. The number of hydrogen-bond donors (Lipinski definition) is 8. The zero-order valence-corrected chi connectivity index (χ0v) is 60.9. The number of nitrogens with two attached hydrogens (primary N) is 4. The summed E-state index contributed by atoms with van der Waals surface area (Å²) in [6.07, 6.45) is 64.1. The van der Waals surface area contributed by atoms with E-state index < -0.39 is 0 Å². The van der Waals surface area contributed by atoms with E-state index in [0.717, 1.165) is 51.7 Å². The molecule has 0 aliphatic carbocycles. The van der Waals surface area contributed by atoms with Crippen molar-refractivity contribution >= 4 is 144 Å². The minimum Gasteiger partial charge on any atom is -0.464 e. The highest BCUT2D eigenvalue weighted by molar-refractivity contribution is 7.90. The van der Waals surface area contributed by atoms with Crippen molar-refractivity contribution in [2.45, 2.75) is 336 Å². The number of thiocarbonyl (C=S) groups is 8.